The van der Waals surface area contributed by atoms with Gasteiger partial charge in [-0.3, -0.25) is 19.6 Å². The van der Waals surface area contributed by atoms with Crippen LogP contribution in [-0.2, 0) is 24.0 Å². The lowest BCUT2D eigenvalue weighted by molar-refractivity contribution is -0.325. The molecule has 7 atom stereocenters. The summed E-state index contributed by atoms with van der Waals surface area (Å²) in [5.74, 6) is 0.352. The van der Waals surface area contributed by atoms with Crippen LogP contribution in [0.3, 0.4) is 0 Å². The molecule has 0 unspecified atom stereocenters. The van der Waals surface area contributed by atoms with E-state index in [4.69, 9.17) is 9.62 Å². The first-order valence-corrected chi connectivity index (χ1v) is 11.2. The van der Waals surface area contributed by atoms with Crippen molar-refractivity contribution in [3.05, 3.63) is 11.6 Å². The zero-order chi connectivity index (χ0) is 22.1. The highest BCUT2D eigenvalue weighted by molar-refractivity contribution is 5.92. The number of ether oxygens (including phenoxy) is 1. The van der Waals surface area contributed by atoms with Crippen molar-refractivity contribution in [3.63, 3.8) is 0 Å². The van der Waals surface area contributed by atoms with Crippen molar-refractivity contribution in [2.45, 2.75) is 90.8 Å². The van der Waals surface area contributed by atoms with Crippen LogP contribution in [-0.4, -0.2) is 34.0 Å². The molecule has 6 heteroatoms. The van der Waals surface area contributed by atoms with Crippen LogP contribution in [0.2, 0.25) is 0 Å². The maximum absolute atomic E-state index is 12.8. The molecule has 0 radical (unpaired) electrons. The second kappa shape index (κ2) is 6.73. The van der Waals surface area contributed by atoms with Crippen molar-refractivity contribution < 1.29 is 29.3 Å². The van der Waals surface area contributed by atoms with E-state index in [1.807, 2.05) is 6.92 Å². The zero-order valence-corrected chi connectivity index (χ0v) is 18.7. The molecule has 4 aliphatic carbocycles. The molecule has 0 aromatic heterocycles. The standard InChI is InChI=1S/C24H34O6/c1-14(25)24(29-15(2)26)11-8-19-17-13-23(5,30-28)20-12-16(27)6-9-21(20,3)18(17)7-10-22(19,24)4/h12,17-19,28H,6-11,13H2,1-5H3/t17-,18+,19+,21-,22+,23+,24+/m1/s1. The monoisotopic (exact) mass is 418 g/mol. The van der Waals surface area contributed by atoms with Gasteiger partial charge in [0.05, 0.1) is 0 Å². The Morgan fingerprint density at radius 3 is 2.33 bits per heavy atom. The molecule has 166 valence electrons. The number of esters is 1. The third-order valence-corrected chi connectivity index (χ3v) is 9.47. The highest BCUT2D eigenvalue weighted by Gasteiger charge is 2.69. The summed E-state index contributed by atoms with van der Waals surface area (Å²) in [5, 5.41) is 9.92. The Hall–Kier alpha value is -1.53. The van der Waals surface area contributed by atoms with Gasteiger partial charge in [-0.2, -0.15) is 0 Å². The number of carbonyl (C=O) groups excluding carboxylic acids is 3. The third kappa shape index (κ3) is 2.65. The number of carbonyl (C=O) groups is 3. The van der Waals surface area contributed by atoms with Gasteiger partial charge in [0.15, 0.2) is 17.2 Å². The molecule has 0 spiro atoms. The lowest BCUT2D eigenvalue weighted by Crippen LogP contribution is -2.61. The van der Waals surface area contributed by atoms with Crippen LogP contribution in [0.4, 0.5) is 0 Å². The number of fused-ring (bicyclic) bond motifs is 5. The van der Waals surface area contributed by atoms with Crippen molar-refractivity contribution in [1.29, 1.82) is 0 Å². The van der Waals surface area contributed by atoms with E-state index in [0.29, 0.717) is 25.2 Å². The molecular weight excluding hydrogens is 384 g/mol. The molecule has 4 aliphatic rings. The molecule has 1 N–H and O–H groups in total. The predicted molar refractivity (Wildman–Crippen MR) is 109 cm³/mol. The van der Waals surface area contributed by atoms with Crippen molar-refractivity contribution in [1.82, 2.24) is 0 Å². The third-order valence-electron chi connectivity index (χ3n) is 9.47. The fraction of sp³-hybridized carbons (Fsp3) is 0.792. The quantitative estimate of drug-likeness (QED) is 0.418. The summed E-state index contributed by atoms with van der Waals surface area (Å²) in [6.07, 6.45) is 6.62. The molecule has 3 fully saturated rings. The van der Waals surface area contributed by atoms with Crippen molar-refractivity contribution in [2.75, 3.05) is 0 Å². The molecule has 0 amide bonds. The molecule has 3 saturated carbocycles. The highest BCUT2D eigenvalue weighted by Crippen LogP contribution is 2.69. The number of rotatable bonds is 3. The summed E-state index contributed by atoms with van der Waals surface area (Å²) in [7, 11) is 0. The molecule has 0 saturated heterocycles. The van der Waals surface area contributed by atoms with Crippen LogP contribution < -0.4 is 0 Å². The highest BCUT2D eigenvalue weighted by atomic mass is 17.1. The molecule has 4 rings (SSSR count). The summed E-state index contributed by atoms with van der Waals surface area (Å²) in [4.78, 5) is 42.1. The fourth-order valence-corrected chi connectivity index (χ4v) is 8.13. The summed E-state index contributed by atoms with van der Waals surface area (Å²) < 4.78 is 5.81. The van der Waals surface area contributed by atoms with E-state index >= 15 is 0 Å². The first-order valence-electron chi connectivity index (χ1n) is 11.2. The first-order chi connectivity index (χ1) is 13.9. The zero-order valence-electron chi connectivity index (χ0n) is 18.7. The molecule has 6 nitrogen and oxygen atoms in total. The Labute approximate surface area is 178 Å². The van der Waals surface area contributed by atoms with Gasteiger partial charge in [0, 0.05) is 18.8 Å². The van der Waals surface area contributed by atoms with Crippen molar-refractivity contribution in [2.24, 2.45) is 28.6 Å². The van der Waals surface area contributed by atoms with Gasteiger partial charge in [0.1, 0.15) is 5.60 Å². The van der Waals surface area contributed by atoms with Gasteiger partial charge in [0.25, 0.3) is 0 Å². The minimum absolute atomic E-state index is 0.0758. The lowest BCUT2D eigenvalue weighted by atomic mass is 9.44. The molecule has 0 aliphatic heterocycles. The number of Topliss-reactive ketones (excluding diaryl/α,β-unsaturated/α-hetero) is 1. The molecule has 0 aromatic rings. The molecule has 0 bridgehead atoms. The minimum atomic E-state index is -1.08. The van der Waals surface area contributed by atoms with Gasteiger partial charge in [0.2, 0.25) is 0 Å². The maximum Gasteiger partial charge on any atom is 0.303 e. The average Bonchev–Trinajstić information content (AvgIpc) is 2.96. The van der Waals surface area contributed by atoms with E-state index < -0.39 is 22.6 Å². The van der Waals surface area contributed by atoms with Gasteiger partial charge >= 0.3 is 5.97 Å². The summed E-state index contributed by atoms with van der Waals surface area (Å²) in [6.45, 7) is 9.11. The van der Waals surface area contributed by atoms with Crippen LogP contribution >= 0.6 is 0 Å². The first kappa shape index (κ1) is 21.7. The van der Waals surface area contributed by atoms with E-state index in [1.54, 1.807) is 13.0 Å². The van der Waals surface area contributed by atoms with E-state index in [2.05, 4.69) is 13.8 Å². The van der Waals surface area contributed by atoms with E-state index in [0.717, 1.165) is 31.3 Å². The Bertz CT molecular complexity index is 832. The minimum Gasteiger partial charge on any atom is -0.451 e. The summed E-state index contributed by atoms with van der Waals surface area (Å²) in [5.41, 5.74) is -1.75. The Balaban J connectivity index is 1.79. The molecule has 30 heavy (non-hydrogen) atoms. The smallest absolute Gasteiger partial charge is 0.303 e. The second-order valence-electron chi connectivity index (χ2n) is 10.8. The van der Waals surface area contributed by atoms with Gasteiger partial charge in [-0.1, -0.05) is 13.8 Å². The van der Waals surface area contributed by atoms with E-state index in [-0.39, 0.29) is 28.8 Å². The van der Waals surface area contributed by atoms with Crippen molar-refractivity contribution >= 4 is 17.5 Å². The largest absolute Gasteiger partial charge is 0.451 e. The van der Waals surface area contributed by atoms with E-state index in [9.17, 15) is 19.6 Å². The van der Waals surface area contributed by atoms with Crippen LogP contribution in [0.1, 0.15) is 79.6 Å². The van der Waals surface area contributed by atoms with Gasteiger partial charge in [-0.05, 0) is 87.2 Å². The summed E-state index contributed by atoms with van der Waals surface area (Å²) in [6, 6.07) is 0. The lowest BCUT2D eigenvalue weighted by Gasteiger charge is -2.62. The second-order valence-corrected chi connectivity index (χ2v) is 10.8. The molecule has 0 heterocycles. The fourth-order valence-electron chi connectivity index (χ4n) is 8.13. The average molecular weight is 419 g/mol. The van der Waals surface area contributed by atoms with Crippen molar-refractivity contribution in [3.8, 4) is 0 Å². The topological polar surface area (TPSA) is 89.9 Å². The van der Waals surface area contributed by atoms with Crippen LogP contribution in [0.5, 0.6) is 0 Å². The number of hydrogen-bond donors (Lipinski definition) is 1. The molecular formula is C24H34O6. The van der Waals surface area contributed by atoms with E-state index in [1.165, 1.54) is 6.92 Å². The maximum atomic E-state index is 12.8. The van der Waals surface area contributed by atoms with Crippen LogP contribution in [0, 0.1) is 28.6 Å². The van der Waals surface area contributed by atoms with Crippen LogP contribution in [0.25, 0.3) is 0 Å². The normalized spacial score (nSPS) is 47.6. The SMILES string of the molecule is CC(=O)O[C@]1(C(C)=O)CC[C@H]2[C@@H]3C[C@](C)(OO)C4=CC(=O)CC[C@]4(C)[C@H]3CC[C@@]21C. The summed E-state index contributed by atoms with van der Waals surface area (Å²) >= 11 is 0. The Morgan fingerprint density at radius 2 is 1.73 bits per heavy atom. The Morgan fingerprint density at radius 1 is 1.07 bits per heavy atom. The van der Waals surface area contributed by atoms with Gasteiger partial charge in [-0.15, -0.1) is 0 Å². The molecule has 0 aromatic carbocycles. The van der Waals surface area contributed by atoms with Gasteiger partial charge in [-0.25, -0.2) is 4.89 Å². The van der Waals surface area contributed by atoms with Gasteiger partial charge < -0.3 is 4.74 Å². The van der Waals surface area contributed by atoms with Crippen LogP contribution in [0.15, 0.2) is 11.6 Å². The number of ketones is 2. The predicted octanol–water partition coefficient (Wildman–Crippen LogP) is 4.27. The number of hydrogen-bond acceptors (Lipinski definition) is 6. The Kier molecular flexibility index (Phi) is 4.87.